The Bertz CT molecular complexity index is 511. The molecule has 1 spiro atoms. The highest BCUT2D eigenvalue weighted by Gasteiger charge is 2.47. The summed E-state index contributed by atoms with van der Waals surface area (Å²) in [5.41, 5.74) is 0.296. The lowest BCUT2D eigenvalue weighted by molar-refractivity contribution is -0.151. The van der Waals surface area contributed by atoms with E-state index in [2.05, 4.69) is 13.8 Å². The Kier molecular flexibility index (Phi) is 3.18. The summed E-state index contributed by atoms with van der Waals surface area (Å²) in [6.45, 7) is 4.82. The van der Waals surface area contributed by atoms with Crippen LogP contribution in [0.5, 0.6) is 11.5 Å². The second-order valence-corrected chi connectivity index (χ2v) is 6.44. The van der Waals surface area contributed by atoms with E-state index in [4.69, 9.17) is 14.2 Å². The van der Waals surface area contributed by atoms with Crippen molar-refractivity contribution in [2.24, 2.45) is 0 Å². The number of benzene rings is 1. The molecule has 3 rings (SSSR count). The van der Waals surface area contributed by atoms with Crippen LogP contribution in [-0.2, 0) is 4.74 Å². The smallest absolute Gasteiger partial charge is 0.126 e. The zero-order chi connectivity index (χ0) is 14.4. The van der Waals surface area contributed by atoms with Gasteiger partial charge >= 0.3 is 0 Å². The van der Waals surface area contributed by atoms with Gasteiger partial charge in [-0.05, 0) is 32.0 Å². The van der Waals surface area contributed by atoms with Gasteiger partial charge in [-0.3, -0.25) is 0 Å². The van der Waals surface area contributed by atoms with Crippen molar-refractivity contribution in [1.29, 1.82) is 0 Å². The molecule has 0 amide bonds. The van der Waals surface area contributed by atoms with Crippen LogP contribution in [0.1, 0.15) is 44.8 Å². The summed E-state index contributed by atoms with van der Waals surface area (Å²) in [7, 11) is 1.63. The molecule has 0 saturated carbocycles. The summed E-state index contributed by atoms with van der Waals surface area (Å²) >= 11 is 0. The third-order valence-electron chi connectivity index (χ3n) is 4.27. The van der Waals surface area contributed by atoms with Crippen LogP contribution in [0, 0.1) is 0 Å². The maximum atomic E-state index is 10.5. The maximum Gasteiger partial charge on any atom is 0.126 e. The quantitative estimate of drug-likeness (QED) is 0.858. The lowest BCUT2D eigenvalue weighted by Gasteiger charge is -2.48. The van der Waals surface area contributed by atoms with Crippen LogP contribution in [0.3, 0.4) is 0 Å². The number of rotatable bonds is 1. The highest BCUT2D eigenvalue weighted by molar-refractivity contribution is 5.43. The van der Waals surface area contributed by atoms with Crippen molar-refractivity contribution in [3.8, 4) is 11.5 Å². The molecule has 1 N–H and O–H groups in total. The minimum atomic E-state index is -0.511. The minimum absolute atomic E-state index is 0.206. The van der Waals surface area contributed by atoms with Gasteiger partial charge in [0.05, 0.1) is 25.4 Å². The summed E-state index contributed by atoms with van der Waals surface area (Å²) in [5, 5.41) is 10.5. The van der Waals surface area contributed by atoms with E-state index >= 15 is 0 Å². The van der Waals surface area contributed by atoms with Crippen LogP contribution in [0.4, 0.5) is 0 Å². The molecule has 4 heteroatoms. The van der Waals surface area contributed by atoms with Crippen LogP contribution < -0.4 is 9.47 Å². The second kappa shape index (κ2) is 4.64. The second-order valence-electron chi connectivity index (χ2n) is 6.44. The molecule has 20 heavy (non-hydrogen) atoms. The number of aliphatic hydroxyl groups is 1. The maximum absolute atomic E-state index is 10.5. The van der Waals surface area contributed by atoms with Gasteiger partial charge in [0.25, 0.3) is 0 Å². The van der Waals surface area contributed by atoms with Crippen LogP contribution in [0.25, 0.3) is 0 Å². The standard InChI is InChI=1S/C16H22O4/c1-15(2)10-16(6-7-19-15)9-13(17)12-8-11(18-3)4-5-14(12)20-16/h4-5,8,13,17H,6-7,9-10H2,1-3H3/t13-,16?/m1/s1. The van der Waals surface area contributed by atoms with Crippen LogP contribution in [0.15, 0.2) is 18.2 Å². The summed E-state index contributed by atoms with van der Waals surface area (Å²) in [6, 6.07) is 5.62. The number of aliphatic hydroxyl groups excluding tert-OH is 1. The largest absolute Gasteiger partial charge is 0.497 e. The first-order valence-electron chi connectivity index (χ1n) is 7.12. The number of hydrogen-bond donors (Lipinski definition) is 1. The van der Waals surface area contributed by atoms with E-state index in [0.717, 1.165) is 29.9 Å². The molecule has 0 aliphatic carbocycles. The molecule has 1 unspecified atom stereocenters. The fraction of sp³-hybridized carbons (Fsp3) is 0.625. The summed E-state index contributed by atoms with van der Waals surface area (Å²) < 4.78 is 17.3. The summed E-state index contributed by atoms with van der Waals surface area (Å²) in [6.07, 6.45) is 1.71. The third kappa shape index (κ3) is 2.38. The predicted octanol–water partition coefficient (Wildman–Crippen LogP) is 2.84. The Morgan fingerprint density at radius 1 is 1.35 bits per heavy atom. The predicted molar refractivity (Wildman–Crippen MR) is 75.2 cm³/mol. The Labute approximate surface area is 119 Å². The molecule has 1 saturated heterocycles. The molecule has 1 fully saturated rings. The van der Waals surface area contributed by atoms with Gasteiger partial charge in [0.2, 0.25) is 0 Å². The Balaban J connectivity index is 1.92. The molecule has 0 bridgehead atoms. The zero-order valence-electron chi connectivity index (χ0n) is 12.3. The van der Waals surface area contributed by atoms with E-state index < -0.39 is 6.10 Å². The van der Waals surface area contributed by atoms with Crippen LogP contribution in [0.2, 0.25) is 0 Å². The molecule has 4 nitrogen and oxygen atoms in total. The van der Waals surface area contributed by atoms with Gasteiger partial charge in [0, 0.05) is 24.8 Å². The molecule has 2 heterocycles. The fourth-order valence-corrected chi connectivity index (χ4v) is 3.43. The fourth-order valence-electron chi connectivity index (χ4n) is 3.43. The molecule has 1 aromatic rings. The van der Waals surface area contributed by atoms with Crippen molar-refractivity contribution in [3.05, 3.63) is 23.8 Å². The van der Waals surface area contributed by atoms with E-state index in [1.54, 1.807) is 7.11 Å². The van der Waals surface area contributed by atoms with E-state index in [0.29, 0.717) is 13.0 Å². The molecule has 2 aliphatic rings. The number of ether oxygens (including phenoxy) is 3. The van der Waals surface area contributed by atoms with E-state index in [1.807, 2.05) is 18.2 Å². The molecule has 0 radical (unpaired) electrons. The Hall–Kier alpha value is -1.26. The monoisotopic (exact) mass is 278 g/mol. The van der Waals surface area contributed by atoms with Crippen molar-refractivity contribution in [1.82, 2.24) is 0 Å². The van der Waals surface area contributed by atoms with Crippen LogP contribution >= 0.6 is 0 Å². The molecule has 2 atom stereocenters. The van der Waals surface area contributed by atoms with Crippen molar-refractivity contribution in [2.45, 2.75) is 50.4 Å². The zero-order valence-corrected chi connectivity index (χ0v) is 12.3. The van der Waals surface area contributed by atoms with Gasteiger partial charge in [0.1, 0.15) is 17.1 Å². The summed E-state index contributed by atoms with van der Waals surface area (Å²) in [4.78, 5) is 0. The molecule has 0 aromatic heterocycles. The van der Waals surface area contributed by atoms with E-state index in [1.165, 1.54) is 0 Å². The normalized spacial score (nSPS) is 31.5. The van der Waals surface area contributed by atoms with Gasteiger partial charge in [-0.2, -0.15) is 0 Å². The molecule has 1 aromatic carbocycles. The van der Waals surface area contributed by atoms with Crippen molar-refractivity contribution in [3.63, 3.8) is 0 Å². The van der Waals surface area contributed by atoms with Gasteiger partial charge in [0.15, 0.2) is 0 Å². The van der Waals surface area contributed by atoms with Crippen molar-refractivity contribution >= 4 is 0 Å². The third-order valence-corrected chi connectivity index (χ3v) is 4.27. The van der Waals surface area contributed by atoms with Gasteiger partial charge in [-0.25, -0.2) is 0 Å². The molecular formula is C16H22O4. The lowest BCUT2D eigenvalue weighted by Crippen LogP contribution is -2.51. The van der Waals surface area contributed by atoms with Crippen molar-refractivity contribution < 1.29 is 19.3 Å². The molecule has 2 aliphatic heterocycles. The van der Waals surface area contributed by atoms with Crippen molar-refractivity contribution in [2.75, 3.05) is 13.7 Å². The number of fused-ring (bicyclic) bond motifs is 1. The SMILES string of the molecule is COc1ccc2c(c1)[C@H](O)CC1(CCOC(C)(C)C1)O2. The van der Waals surface area contributed by atoms with Gasteiger partial charge < -0.3 is 19.3 Å². The Morgan fingerprint density at radius 2 is 2.15 bits per heavy atom. The average molecular weight is 278 g/mol. The molecular weight excluding hydrogens is 256 g/mol. The van der Waals surface area contributed by atoms with Crippen LogP contribution in [-0.4, -0.2) is 30.0 Å². The van der Waals surface area contributed by atoms with E-state index in [-0.39, 0.29) is 11.2 Å². The topological polar surface area (TPSA) is 47.9 Å². The molecule has 110 valence electrons. The first kappa shape index (κ1) is 13.7. The van der Waals surface area contributed by atoms with Gasteiger partial charge in [-0.1, -0.05) is 0 Å². The summed E-state index contributed by atoms with van der Waals surface area (Å²) in [5.74, 6) is 1.51. The highest BCUT2D eigenvalue weighted by atomic mass is 16.5. The first-order valence-corrected chi connectivity index (χ1v) is 7.12. The Morgan fingerprint density at radius 3 is 2.85 bits per heavy atom. The highest BCUT2D eigenvalue weighted by Crippen LogP contribution is 2.47. The lowest BCUT2D eigenvalue weighted by atomic mass is 9.77. The number of methoxy groups -OCH3 is 1. The average Bonchev–Trinajstić information content (AvgIpc) is 2.37. The van der Waals surface area contributed by atoms with Gasteiger partial charge in [-0.15, -0.1) is 0 Å². The van der Waals surface area contributed by atoms with E-state index in [9.17, 15) is 5.11 Å². The minimum Gasteiger partial charge on any atom is -0.497 e. The number of hydrogen-bond acceptors (Lipinski definition) is 4. The first-order chi connectivity index (χ1) is 9.43.